The first kappa shape index (κ1) is 18.0. The van der Waals surface area contributed by atoms with Crippen LogP contribution in [0, 0.1) is 5.92 Å². The van der Waals surface area contributed by atoms with Gasteiger partial charge in [-0.15, -0.1) is 0 Å². The zero-order chi connectivity index (χ0) is 17.6. The Balaban J connectivity index is 1.87. The van der Waals surface area contributed by atoms with Crippen molar-refractivity contribution in [1.82, 2.24) is 9.88 Å². The van der Waals surface area contributed by atoms with Crippen molar-refractivity contribution in [3.8, 4) is 0 Å². The summed E-state index contributed by atoms with van der Waals surface area (Å²) >= 11 is 13.8. The van der Waals surface area contributed by atoms with Gasteiger partial charge in [-0.05, 0) is 103 Å². The van der Waals surface area contributed by atoms with Crippen molar-refractivity contribution in [3.05, 3.63) is 60.7 Å². The van der Waals surface area contributed by atoms with Gasteiger partial charge in [-0.25, -0.2) is 0 Å². The van der Waals surface area contributed by atoms with E-state index in [0.717, 1.165) is 39.9 Å². The molecule has 1 fully saturated rings. The lowest BCUT2D eigenvalue weighted by molar-refractivity contribution is 0.206. The van der Waals surface area contributed by atoms with Crippen LogP contribution in [-0.4, -0.2) is 30.0 Å². The van der Waals surface area contributed by atoms with Crippen LogP contribution < -0.4 is 0 Å². The molecule has 132 valence electrons. The van der Waals surface area contributed by atoms with E-state index in [4.69, 9.17) is 16.6 Å². The molecule has 2 aliphatic rings. The van der Waals surface area contributed by atoms with Crippen LogP contribution in [0.25, 0.3) is 0 Å². The number of rotatable bonds is 1. The summed E-state index contributed by atoms with van der Waals surface area (Å²) in [7, 11) is 2.22. The third kappa shape index (κ3) is 3.55. The molecule has 1 aromatic heterocycles. The number of hydrogen-bond acceptors (Lipinski definition) is 2. The van der Waals surface area contributed by atoms with Gasteiger partial charge >= 0.3 is 0 Å². The largest absolute Gasteiger partial charge is 0.306 e. The molecule has 1 unspecified atom stereocenters. The highest BCUT2D eigenvalue weighted by Gasteiger charge is 2.35. The summed E-state index contributed by atoms with van der Waals surface area (Å²) in [5, 5.41) is 0.813. The van der Waals surface area contributed by atoms with Gasteiger partial charge in [-0.3, -0.25) is 4.98 Å². The number of likely N-dealkylation sites (tertiary alicyclic amines) is 1. The zero-order valence-electron chi connectivity index (χ0n) is 14.2. The summed E-state index contributed by atoms with van der Waals surface area (Å²) in [6.45, 7) is 2.32. The molecule has 1 saturated heterocycles. The molecule has 0 saturated carbocycles. The lowest BCUT2D eigenvalue weighted by Gasteiger charge is -2.35. The Bertz CT molecular complexity index is 801. The van der Waals surface area contributed by atoms with Crippen LogP contribution in [0.1, 0.15) is 41.1 Å². The second-order valence-electron chi connectivity index (χ2n) is 7.28. The molecule has 1 atom stereocenters. The maximum atomic E-state index is 6.36. The van der Waals surface area contributed by atoms with E-state index in [9.17, 15) is 0 Å². The van der Waals surface area contributed by atoms with E-state index >= 15 is 0 Å². The molecular weight excluding hydrogens is 463 g/mol. The minimum absolute atomic E-state index is 0.348. The van der Waals surface area contributed by atoms with Gasteiger partial charge in [-0.2, -0.15) is 0 Å². The highest BCUT2D eigenvalue weighted by Crippen LogP contribution is 2.46. The molecule has 0 amide bonds. The molecule has 0 N–H and O–H groups in total. The molecule has 5 heteroatoms. The Morgan fingerprint density at radius 3 is 2.56 bits per heavy atom. The number of nitrogens with zero attached hydrogens (tertiary/aromatic N) is 2. The second kappa shape index (κ2) is 7.30. The maximum absolute atomic E-state index is 6.36. The predicted molar refractivity (Wildman–Crippen MR) is 111 cm³/mol. The number of hydrogen-bond donors (Lipinski definition) is 0. The highest BCUT2D eigenvalue weighted by molar-refractivity contribution is 9.10. The SMILES string of the molecule is CN1CCC(C2c3ncc(Br)cc3CCc3cc(Cl)cc(Br)c32)CC1. The van der Waals surface area contributed by atoms with E-state index in [1.807, 2.05) is 12.3 Å². The van der Waals surface area contributed by atoms with Crippen LogP contribution in [0.3, 0.4) is 0 Å². The van der Waals surface area contributed by atoms with Crippen LogP contribution in [-0.2, 0) is 12.8 Å². The summed E-state index contributed by atoms with van der Waals surface area (Å²) in [6.07, 6.45) is 6.42. The van der Waals surface area contributed by atoms with E-state index in [-0.39, 0.29) is 0 Å². The van der Waals surface area contributed by atoms with Crippen LogP contribution in [0.4, 0.5) is 0 Å². The highest BCUT2D eigenvalue weighted by atomic mass is 79.9. The standard InChI is InChI=1S/C20H21Br2ClN2/c1-25-6-4-12(5-7-25)19-18-13(9-16(23)10-17(18)22)2-3-14-8-15(21)11-24-20(14)19/h8-12,19H,2-7H2,1H3. The van der Waals surface area contributed by atoms with E-state index in [1.54, 1.807) is 0 Å². The molecule has 0 bridgehead atoms. The van der Waals surface area contributed by atoms with Gasteiger partial charge < -0.3 is 4.90 Å². The van der Waals surface area contributed by atoms with Crippen molar-refractivity contribution < 1.29 is 0 Å². The topological polar surface area (TPSA) is 16.1 Å². The number of benzene rings is 1. The third-order valence-electron chi connectivity index (χ3n) is 5.65. The van der Waals surface area contributed by atoms with Gasteiger partial charge in [0.2, 0.25) is 0 Å². The number of fused-ring (bicyclic) bond motifs is 2. The third-order valence-corrected chi connectivity index (χ3v) is 6.96. The monoisotopic (exact) mass is 482 g/mol. The molecule has 2 aromatic rings. The van der Waals surface area contributed by atoms with Crippen LogP contribution in [0.5, 0.6) is 0 Å². The average molecular weight is 485 g/mol. The molecule has 1 aromatic carbocycles. The smallest absolute Gasteiger partial charge is 0.0514 e. The fourth-order valence-corrected chi connectivity index (χ4v) is 5.89. The van der Waals surface area contributed by atoms with Crippen molar-refractivity contribution in [2.75, 3.05) is 20.1 Å². The van der Waals surface area contributed by atoms with Crippen molar-refractivity contribution >= 4 is 43.5 Å². The number of halogens is 3. The molecule has 2 nitrogen and oxygen atoms in total. The Hall–Kier alpha value is -0.420. The molecule has 0 radical (unpaired) electrons. The van der Waals surface area contributed by atoms with Gasteiger partial charge in [0.05, 0.1) is 5.69 Å². The zero-order valence-corrected chi connectivity index (χ0v) is 18.2. The van der Waals surface area contributed by atoms with Crippen LogP contribution >= 0.6 is 43.5 Å². The van der Waals surface area contributed by atoms with Gasteiger partial charge in [0.1, 0.15) is 0 Å². The maximum Gasteiger partial charge on any atom is 0.0514 e. The summed E-state index contributed by atoms with van der Waals surface area (Å²) in [5.41, 5.74) is 5.42. The van der Waals surface area contributed by atoms with Gasteiger partial charge in [-0.1, -0.05) is 27.5 Å². The molecule has 2 heterocycles. The quantitative estimate of drug-likeness (QED) is 0.506. The first-order chi connectivity index (χ1) is 12.0. The number of piperidine rings is 1. The summed E-state index contributed by atoms with van der Waals surface area (Å²) in [4.78, 5) is 7.33. The van der Waals surface area contributed by atoms with Crippen molar-refractivity contribution in [2.45, 2.75) is 31.6 Å². The number of aromatic nitrogens is 1. The van der Waals surface area contributed by atoms with Gasteiger partial charge in [0, 0.05) is 26.1 Å². The normalized spacial score (nSPS) is 21.5. The molecule has 1 aliphatic carbocycles. The van der Waals surface area contributed by atoms with Crippen LogP contribution in [0.15, 0.2) is 33.3 Å². The number of aryl methyl sites for hydroxylation is 2. The van der Waals surface area contributed by atoms with Crippen molar-refractivity contribution in [2.24, 2.45) is 5.92 Å². The average Bonchev–Trinajstić information content (AvgIpc) is 2.72. The van der Waals surface area contributed by atoms with Gasteiger partial charge in [0.25, 0.3) is 0 Å². The van der Waals surface area contributed by atoms with E-state index in [1.165, 1.54) is 35.2 Å². The molecule has 4 rings (SSSR count). The predicted octanol–water partition coefficient (Wildman–Crippen LogP) is 5.83. The first-order valence-corrected chi connectivity index (χ1v) is 10.8. The molecule has 25 heavy (non-hydrogen) atoms. The fourth-order valence-electron chi connectivity index (χ4n) is 4.39. The van der Waals surface area contributed by atoms with Gasteiger partial charge in [0.15, 0.2) is 0 Å². The lowest BCUT2D eigenvalue weighted by Crippen LogP contribution is -2.33. The van der Waals surface area contributed by atoms with Crippen LogP contribution in [0.2, 0.25) is 5.02 Å². The van der Waals surface area contributed by atoms with E-state index in [0.29, 0.717) is 11.8 Å². The first-order valence-electron chi connectivity index (χ1n) is 8.83. The summed E-state index contributed by atoms with van der Waals surface area (Å²) < 4.78 is 2.20. The van der Waals surface area contributed by atoms with E-state index < -0.39 is 0 Å². The Morgan fingerprint density at radius 1 is 1.08 bits per heavy atom. The van der Waals surface area contributed by atoms with Crippen molar-refractivity contribution in [3.63, 3.8) is 0 Å². The van der Waals surface area contributed by atoms with Crippen molar-refractivity contribution in [1.29, 1.82) is 0 Å². The summed E-state index contributed by atoms with van der Waals surface area (Å²) in [6, 6.07) is 6.46. The van der Waals surface area contributed by atoms with E-state index in [2.05, 4.69) is 55.9 Å². The Kier molecular flexibility index (Phi) is 5.25. The molecular formula is C20H21Br2ClN2. The lowest BCUT2D eigenvalue weighted by atomic mass is 9.76. The molecule has 0 spiro atoms. The fraction of sp³-hybridized carbons (Fsp3) is 0.450. The summed E-state index contributed by atoms with van der Waals surface area (Å²) in [5.74, 6) is 0.971. The number of pyridine rings is 1. The molecule has 1 aliphatic heterocycles. The minimum atomic E-state index is 0.348. The Labute approximate surface area is 171 Å². The minimum Gasteiger partial charge on any atom is -0.306 e. The second-order valence-corrected chi connectivity index (χ2v) is 9.48. The Morgan fingerprint density at radius 2 is 1.80 bits per heavy atom.